The number of hydrogen-bond acceptors (Lipinski definition) is 4. The fraction of sp³-hybridized carbons (Fsp3) is 0.909. The summed E-state index contributed by atoms with van der Waals surface area (Å²) in [5.41, 5.74) is 0. The zero-order chi connectivity index (χ0) is 12.9. The van der Waals surface area contributed by atoms with Crippen molar-refractivity contribution in [2.75, 3.05) is 37.7 Å². The summed E-state index contributed by atoms with van der Waals surface area (Å²) in [6.45, 7) is 6.67. The molecule has 0 aromatic rings. The maximum absolute atomic E-state index is 11.8. The maximum Gasteiger partial charge on any atom is 0.237 e. The first kappa shape index (κ1) is 14.4. The number of rotatable bonds is 5. The van der Waals surface area contributed by atoms with E-state index in [1.807, 2.05) is 13.8 Å². The summed E-state index contributed by atoms with van der Waals surface area (Å²) in [7, 11) is -3.24. The van der Waals surface area contributed by atoms with Crippen molar-refractivity contribution in [1.82, 2.24) is 10.2 Å². The third-order valence-corrected chi connectivity index (χ3v) is 4.36. The molecule has 17 heavy (non-hydrogen) atoms. The van der Waals surface area contributed by atoms with Gasteiger partial charge in [0.15, 0.2) is 9.84 Å². The Balaban J connectivity index is 2.43. The molecule has 0 unspecified atom stereocenters. The van der Waals surface area contributed by atoms with Crippen LogP contribution in [0.1, 0.15) is 20.3 Å². The van der Waals surface area contributed by atoms with Crippen LogP contribution in [0.4, 0.5) is 0 Å². The standard InChI is InChI=1S/C11H22N2O3S/c1-10(2)3-8-17(15,16)9-11(14)13-6-4-12-5-7-13/h10,12H,3-9H2,1-2H3. The fourth-order valence-electron chi connectivity index (χ4n) is 1.68. The predicted octanol–water partition coefficient (Wildman–Crippen LogP) is -0.121. The van der Waals surface area contributed by atoms with Gasteiger partial charge in [-0.15, -0.1) is 0 Å². The Morgan fingerprint density at radius 3 is 2.41 bits per heavy atom. The zero-order valence-corrected chi connectivity index (χ0v) is 11.4. The second-order valence-electron chi connectivity index (χ2n) is 4.91. The Kier molecular flexibility index (Phi) is 5.39. The van der Waals surface area contributed by atoms with Gasteiger partial charge >= 0.3 is 0 Å². The van der Waals surface area contributed by atoms with E-state index in [2.05, 4.69) is 5.32 Å². The molecule has 0 aromatic carbocycles. The molecule has 0 spiro atoms. The molecule has 1 fully saturated rings. The van der Waals surface area contributed by atoms with Crippen molar-refractivity contribution in [1.29, 1.82) is 0 Å². The molecule has 1 saturated heterocycles. The maximum atomic E-state index is 11.8. The molecule has 1 rings (SSSR count). The lowest BCUT2D eigenvalue weighted by atomic mass is 10.2. The normalized spacial score (nSPS) is 17.5. The third kappa shape index (κ3) is 5.50. The molecule has 1 aliphatic rings. The number of nitrogens with one attached hydrogen (secondary N) is 1. The minimum absolute atomic E-state index is 0.114. The van der Waals surface area contributed by atoms with Crippen LogP contribution in [0.5, 0.6) is 0 Å². The summed E-state index contributed by atoms with van der Waals surface area (Å²) in [6, 6.07) is 0. The van der Waals surface area contributed by atoms with E-state index in [1.54, 1.807) is 4.90 Å². The highest BCUT2D eigenvalue weighted by Gasteiger charge is 2.22. The number of nitrogens with zero attached hydrogens (tertiary/aromatic N) is 1. The van der Waals surface area contributed by atoms with Crippen molar-refractivity contribution in [3.05, 3.63) is 0 Å². The van der Waals surface area contributed by atoms with Crippen LogP contribution in [-0.2, 0) is 14.6 Å². The van der Waals surface area contributed by atoms with Crippen molar-refractivity contribution in [3.63, 3.8) is 0 Å². The molecule has 0 aliphatic carbocycles. The zero-order valence-electron chi connectivity index (χ0n) is 10.6. The molecule has 0 bridgehead atoms. The van der Waals surface area contributed by atoms with Crippen molar-refractivity contribution in [2.24, 2.45) is 5.92 Å². The summed E-state index contributed by atoms with van der Waals surface area (Å²) in [5.74, 6) is -0.128. The molecular formula is C11H22N2O3S. The van der Waals surface area contributed by atoms with Crippen LogP contribution in [0, 0.1) is 5.92 Å². The first-order chi connectivity index (χ1) is 7.91. The first-order valence-corrected chi connectivity index (χ1v) is 7.92. The van der Waals surface area contributed by atoms with Crippen LogP contribution in [0.3, 0.4) is 0 Å². The van der Waals surface area contributed by atoms with Gasteiger partial charge in [-0.2, -0.15) is 0 Å². The van der Waals surface area contributed by atoms with E-state index in [0.717, 1.165) is 13.1 Å². The SMILES string of the molecule is CC(C)CCS(=O)(=O)CC(=O)N1CCNCC1. The molecule has 6 heteroatoms. The Labute approximate surface area is 103 Å². The molecule has 100 valence electrons. The van der Waals surface area contributed by atoms with Crippen molar-refractivity contribution < 1.29 is 13.2 Å². The van der Waals surface area contributed by atoms with Gasteiger partial charge < -0.3 is 10.2 Å². The molecule has 0 atom stereocenters. The van der Waals surface area contributed by atoms with E-state index in [4.69, 9.17) is 0 Å². The van der Waals surface area contributed by atoms with E-state index in [0.29, 0.717) is 25.4 Å². The van der Waals surface area contributed by atoms with Gasteiger partial charge in [0.2, 0.25) is 5.91 Å². The molecule has 1 N–H and O–H groups in total. The Morgan fingerprint density at radius 1 is 1.29 bits per heavy atom. The van der Waals surface area contributed by atoms with E-state index in [1.165, 1.54) is 0 Å². The lowest BCUT2D eigenvalue weighted by Gasteiger charge is -2.27. The second-order valence-corrected chi connectivity index (χ2v) is 7.09. The van der Waals surface area contributed by atoms with Gasteiger partial charge in [0.25, 0.3) is 0 Å². The van der Waals surface area contributed by atoms with Crippen LogP contribution >= 0.6 is 0 Å². The van der Waals surface area contributed by atoms with E-state index < -0.39 is 9.84 Å². The number of amides is 1. The third-order valence-electron chi connectivity index (χ3n) is 2.82. The minimum atomic E-state index is -3.24. The first-order valence-electron chi connectivity index (χ1n) is 6.09. The lowest BCUT2D eigenvalue weighted by Crippen LogP contribution is -2.48. The van der Waals surface area contributed by atoms with Gasteiger partial charge in [0.1, 0.15) is 5.75 Å². The van der Waals surface area contributed by atoms with E-state index >= 15 is 0 Å². The summed E-state index contributed by atoms with van der Waals surface area (Å²) in [4.78, 5) is 13.4. The van der Waals surface area contributed by atoms with Gasteiger partial charge in [0, 0.05) is 26.2 Å². The predicted molar refractivity (Wildman–Crippen MR) is 67.6 cm³/mol. The number of sulfone groups is 1. The Bertz CT molecular complexity index is 346. The number of carbonyl (C=O) groups is 1. The lowest BCUT2D eigenvalue weighted by molar-refractivity contribution is -0.128. The average Bonchev–Trinajstić information content (AvgIpc) is 2.27. The monoisotopic (exact) mass is 262 g/mol. The highest BCUT2D eigenvalue weighted by Crippen LogP contribution is 2.05. The topological polar surface area (TPSA) is 66.5 Å². The number of hydrogen-bond donors (Lipinski definition) is 1. The molecular weight excluding hydrogens is 240 g/mol. The summed E-state index contributed by atoms with van der Waals surface area (Å²) in [6.07, 6.45) is 0.622. The average molecular weight is 262 g/mol. The Morgan fingerprint density at radius 2 is 1.88 bits per heavy atom. The van der Waals surface area contributed by atoms with Crippen LogP contribution in [0.15, 0.2) is 0 Å². The van der Waals surface area contributed by atoms with Gasteiger partial charge in [-0.1, -0.05) is 13.8 Å². The largest absolute Gasteiger partial charge is 0.339 e. The van der Waals surface area contributed by atoms with Crippen molar-refractivity contribution >= 4 is 15.7 Å². The molecule has 1 aliphatic heterocycles. The summed E-state index contributed by atoms with van der Waals surface area (Å²) in [5, 5.41) is 3.13. The fourth-order valence-corrected chi connectivity index (χ4v) is 3.21. The van der Waals surface area contributed by atoms with Crippen LogP contribution in [-0.4, -0.2) is 56.9 Å². The van der Waals surface area contributed by atoms with E-state index in [-0.39, 0.29) is 17.4 Å². The van der Waals surface area contributed by atoms with Crippen LogP contribution in [0.25, 0.3) is 0 Å². The van der Waals surface area contributed by atoms with Gasteiger partial charge in [-0.25, -0.2) is 8.42 Å². The van der Waals surface area contributed by atoms with E-state index in [9.17, 15) is 13.2 Å². The molecule has 1 heterocycles. The van der Waals surface area contributed by atoms with Gasteiger partial charge in [-0.3, -0.25) is 4.79 Å². The quantitative estimate of drug-likeness (QED) is 0.750. The van der Waals surface area contributed by atoms with Crippen molar-refractivity contribution in [2.45, 2.75) is 20.3 Å². The molecule has 5 nitrogen and oxygen atoms in total. The molecule has 0 aromatic heterocycles. The molecule has 1 amide bonds. The smallest absolute Gasteiger partial charge is 0.237 e. The number of piperazine rings is 1. The number of carbonyl (C=O) groups excluding carboxylic acids is 1. The molecule has 0 radical (unpaired) electrons. The minimum Gasteiger partial charge on any atom is -0.339 e. The van der Waals surface area contributed by atoms with Crippen molar-refractivity contribution in [3.8, 4) is 0 Å². The van der Waals surface area contributed by atoms with Gasteiger partial charge in [-0.05, 0) is 12.3 Å². The van der Waals surface area contributed by atoms with Crippen LogP contribution in [0.2, 0.25) is 0 Å². The molecule has 0 saturated carbocycles. The second kappa shape index (κ2) is 6.35. The Hall–Kier alpha value is -0.620. The summed E-state index contributed by atoms with van der Waals surface area (Å²) >= 11 is 0. The highest BCUT2D eigenvalue weighted by atomic mass is 32.2. The highest BCUT2D eigenvalue weighted by molar-refractivity contribution is 7.92. The van der Waals surface area contributed by atoms with Crippen LogP contribution < -0.4 is 5.32 Å². The van der Waals surface area contributed by atoms with Gasteiger partial charge in [0.05, 0.1) is 5.75 Å². The summed E-state index contributed by atoms with van der Waals surface area (Å²) < 4.78 is 23.4.